The van der Waals surface area contributed by atoms with Gasteiger partial charge in [-0.3, -0.25) is 0 Å². The molecule has 7 heteroatoms. The lowest BCUT2D eigenvalue weighted by molar-refractivity contribution is 0.414. The van der Waals surface area contributed by atoms with Crippen molar-refractivity contribution in [3.63, 3.8) is 0 Å². The number of methoxy groups -OCH3 is 1. The van der Waals surface area contributed by atoms with E-state index in [1.54, 1.807) is 12.1 Å². The molecule has 0 aliphatic heterocycles. The van der Waals surface area contributed by atoms with Crippen LogP contribution in [-0.4, -0.2) is 29.9 Å². The minimum atomic E-state index is -3.69. The lowest BCUT2D eigenvalue weighted by Crippen LogP contribution is -2.13. The van der Waals surface area contributed by atoms with Crippen LogP contribution in [0.25, 0.3) is 0 Å². The third kappa shape index (κ3) is 4.54. The number of rotatable bonds is 9. The van der Waals surface area contributed by atoms with E-state index in [0.717, 1.165) is 23.3 Å². The van der Waals surface area contributed by atoms with E-state index < -0.39 is 10.0 Å². The highest BCUT2D eigenvalue weighted by molar-refractivity contribution is 7.89. The van der Waals surface area contributed by atoms with Crippen LogP contribution in [0.4, 0.5) is 0 Å². The second-order valence-electron chi connectivity index (χ2n) is 5.43. The van der Waals surface area contributed by atoms with Gasteiger partial charge in [-0.2, -0.15) is 8.42 Å². The second-order valence-corrected chi connectivity index (χ2v) is 7.22. The largest absolute Gasteiger partial charge is 0.497 e. The van der Waals surface area contributed by atoms with E-state index in [9.17, 15) is 8.42 Å². The Balaban J connectivity index is 2.02. The Labute approximate surface area is 137 Å². The van der Waals surface area contributed by atoms with Crippen molar-refractivity contribution in [3.05, 3.63) is 36.2 Å². The Morgan fingerprint density at radius 2 is 1.78 bits per heavy atom. The Morgan fingerprint density at radius 3 is 2.43 bits per heavy atom. The first kappa shape index (κ1) is 17.5. The highest BCUT2D eigenvalue weighted by Gasteiger charge is 2.18. The maximum absolute atomic E-state index is 12.5. The van der Waals surface area contributed by atoms with Gasteiger partial charge in [-0.1, -0.05) is 37.8 Å². The van der Waals surface area contributed by atoms with E-state index in [4.69, 9.17) is 4.74 Å². The minimum absolute atomic E-state index is 0.165. The summed E-state index contributed by atoms with van der Waals surface area (Å²) in [6.45, 7) is 2.18. The summed E-state index contributed by atoms with van der Waals surface area (Å²) in [5, 5.41) is 7.74. The molecular weight excluding hydrogens is 314 g/mol. The van der Waals surface area contributed by atoms with Crippen molar-refractivity contribution in [2.24, 2.45) is 0 Å². The molecule has 0 unspecified atom stereocenters. The van der Waals surface area contributed by atoms with Crippen molar-refractivity contribution in [2.75, 3.05) is 7.11 Å². The van der Waals surface area contributed by atoms with Gasteiger partial charge in [-0.25, -0.2) is 0 Å². The molecule has 126 valence electrons. The Morgan fingerprint density at radius 1 is 1.09 bits per heavy atom. The van der Waals surface area contributed by atoms with E-state index in [2.05, 4.69) is 17.2 Å². The molecule has 0 atom stereocenters. The molecule has 0 bridgehead atoms. The van der Waals surface area contributed by atoms with Crippen LogP contribution < -0.4 is 4.74 Å². The monoisotopic (exact) mass is 337 g/mol. The molecule has 1 aromatic carbocycles. The highest BCUT2D eigenvalue weighted by Crippen LogP contribution is 2.18. The molecular formula is C16H23N3O3S. The van der Waals surface area contributed by atoms with Crippen LogP contribution in [0.2, 0.25) is 0 Å². The van der Waals surface area contributed by atoms with Crippen molar-refractivity contribution in [2.45, 2.75) is 50.3 Å². The highest BCUT2D eigenvalue weighted by atomic mass is 32.2. The predicted octanol–water partition coefficient (Wildman–Crippen LogP) is 3.04. The van der Waals surface area contributed by atoms with Crippen molar-refractivity contribution >= 4 is 10.0 Å². The normalized spacial score (nSPS) is 11.6. The van der Waals surface area contributed by atoms with Gasteiger partial charge in [0.2, 0.25) is 0 Å². The molecule has 0 aliphatic rings. The standard InChI is InChI=1S/C16H23N3O3S/c1-3-4-5-6-7-8-14-13-19(18-17-14)23(20,21)16-11-9-15(22-2)10-12-16/h9-13H,3-8H2,1-2H3. The molecule has 1 aromatic heterocycles. The zero-order valence-electron chi connectivity index (χ0n) is 13.6. The number of unbranched alkanes of at least 4 members (excludes halogenated alkanes) is 4. The van der Waals surface area contributed by atoms with Crippen molar-refractivity contribution in [3.8, 4) is 5.75 Å². The fourth-order valence-electron chi connectivity index (χ4n) is 2.28. The van der Waals surface area contributed by atoms with Gasteiger partial charge in [-0.05, 0) is 37.1 Å². The van der Waals surface area contributed by atoms with E-state index >= 15 is 0 Å². The van der Waals surface area contributed by atoms with Crippen molar-refractivity contribution in [1.29, 1.82) is 0 Å². The van der Waals surface area contributed by atoms with E-state index in [0.29, 0.717) is 11.4 Å². The molecule has 0 aliphatic carbocycles. The summed E-state index contributed by atoms with van der Waals surface area (Å²) in [7, 11) is -2.16. The quantitative estimate of drug-likeness (QED) is 0.658. The lowest BCUT2D eigenvalue weighted by Gasteiger charge is -2.04. The van der Waals surface area contributed by atoms with Crippen LogP contribution >= 0.6 is 0 Å². The minimum Gasteiger partial charge on any atom is -0.497 e. The molecule has 0 saturated heterocycles. The lowest BCUT2D eigenvalue weighted by atomic mass is 10.1. The number of benzene rings is 1. The average molecular weight is 337 g/mol. The van der Waals surface area contributed by atoms with Crippen LogP contribution in [0.1, 0.15) is 44.7 Å². The third-order valence-electron chi connectivity index (χ3n) is 3.66. The first-order valence-corrected chi connectivity index (χ1v) is 9.32. The summed E-state index contributed by atoms with van der Waals surface area (Å²) < 4.78 is 30.9. The van der Waals surface area contributed by atoms with Gasteiger partial charge in [-0.15, -0.1) is 9.19 Å². The number of ether oxygens (including phenoxy) is 1. The SMILES string of the molecule is CCCCCCCc1cn(S(=O)(=O)c2ccc(OC)cc2)nn1. The molecule has 0 N–H and O–H groups in total. The zero-order chi connectivity index (χ0) is 16.7. The van der Waals surface area contributed by atoms with Gasteiger partial charge in [0.1, 0.15) is 5.75 Å². The molecule has 2 aromatic rings. The van der Waals surface area contributed by atoms with Gasteiger partial charge >= 0.3 is 0 Å². The van der Waals surface area contributed by atoms with Crippen LogP contribution in [-0.2, 0) is 16.4 Å². The number of hydrogen-bond acceptors (Lipinski definition) is 5. The third-order valence-corrected chi connectivity index (χ3v) is 5.20. The van der Waals surface area contributed by atoms with Crippen LogP contribution in [0.15, 0.2) is 35.4 Å². The zero-order valence-corrected chi connectivity index (χ0v) is 14.4. The average Bonchev–Trinajstić information content (AvgIpc) is 3.04. The summed E-state index contributed by atoms with van der Waals surface area (Å²) >= 11 is 0. The van der Waals surface area contributed by atoms with Gasteiger partial charge in [0.05, 0.1) is 23.9 Å². The number of aryl methyl sites for hydroxylation is 1. The molecule has 0 saturated carbocycles. The molecule has 0 fully saturated rings. The number of nitrogens with zero attached hydrogens (tertiary/aromatic N) is 3. The summed E-state index contributed by atoms with van der Waals surface area (Å²) in [6.07, 6.45) is 8.03. The van der Waals surface area contributed by atoms with Crippen LogP contribution in [0.5, 0.6) is 5.75 Å². The molecule has 0 amide bonds. The fourth-order valence-corrected chi connectivity index (χ4v) is 3.37. The molecule has 0 spiro atoms. The second kappa shape index (κ2) is 8.10. The summed E-state index contributed by atoms with van der Waals surface area (Å²) in [4.78, 5) is 0.165. The Bertz CT molecular complexity index is 708. The molecule has 2 rings (SSSR count). The maximum atomic E-state index is 12.5. The first-order chi connectivity index (χ1) is 11.1. The van der Waals surface area contributed by atoms with Gasteiger partial charge in [0.25, 0.3) is 10.0 Å². The number of hydrogen-bond donors (Lipinski definition) is 0. The molecule has 0 radical (unpaired) electrons. The summed E-state index contributed by atoms with van der Waals surface area (Å²) in [5.74, 6) is 0.607. The molecule has 23 heavy (non-hydrogen) atoms. The summed E-state index contributed by atoms with van der Waals surface area (Å²) in [5.41, 5.74) is 0.707. The smallest absolute Gasteiger partial charge is 0.284 e. The topological polar surface area (TPSA) is 74.1 Å². The summed E-state index contributed by atoms with van der Waals surface area (Å²) in [6, 6.07) is 6.22. The van der Waals surface area contributed by atoms with E-state index in [1.165, 1.54) is 44.7 Å². The van der Waals surface area contributed by atoms with Gasteiger partial charge in [0, 0.05) is 0 Å². The maximum Gasteiger partial charge on any atom is 0.284 e. The van der Waals surface area contributed by atoms with E-state index in [-0.39, 0.29) is 4.90 Å². The first-order valence-electron chi connectivity index (χ1n) is 7.88. The predicted molar refractivity (Wildman–Crippen MR) is 88.1 cm³/mol. The van der Waals surface area contributed by atoms with Gasteiger partial charge < -0.3 is 4.74 Å². The van der Waals surface area contributed by atoms with E-state index in [1.807, 2.05) is 0 Å². The Kier molecular flexibility index (Phi) is 6.15. The van der Waals surface area contributed by atoms with Crippen LogP contribution in [0.3, 0.4) is 0 Å². The fraction of sp³-hybridized carbons (Fsp3) is 0.500. The number of aromatic nitrogens is 3. The van der Waals surface area contributed by atoms with Crippen LogP contribution in [0, 0.1) is 0 Å². The molecule has 6 nitrogen and oxygen atoms in total. The van der Waals surface area contributed by atoms with Gasteiger partial charge in [0.15, 0.2) is 0 Å². The van der Waals surface area contributed by atoms with Crippen molar-refractivity contribution in [1.82, 2.24) is 14.4 Å². The molecule has 1 heterocycles. The Hall–Kier alpha value is -1.89. The van der Waals surface area contributed by atoms with Crippen molar-refractivity contribution < 1.29 is 13.2 Å².